The second kappa shape index (κ2) is 58.9. The van der Waals surface area contributed by atoms with E-state index in [1.54, 1.807) is 0 Å². The molecule has 0 aliphatic heterocycles. The molecule has 0 bridgehead atoms. The smallest absolute Gasteiger partial charge is 0.306 e. The van der Waals surface area contributed by atoms with Gasteiger partial charge in [0, 0.05) is 19.3 Å². The quantitative estimate of drug-likeness (QED) is 0.0261. The normalized spacial score (nSPS) is 12.3. The van der Waals surface area contributed by atoms with Crippen molar-refractivity contribution < 1.29 is 28.6 Å². The van der Waals surface area contributed by atoms with Gasteiger partial charge in [0.15, 0.2) is 6.10 Å². The second-order valence-corrected chi connectivity index (χ2v) is 20.6. The number of carbonyl (C=O) groups excluding carboxylic acids is 3. The zero-order valence-corrected chi connectivity index (χ0v) is 46.8. The molecule has 0 aromatic heterocycles. The highest BCUT2D eigenvalue weighted by Crippen LogP contribution is 2.17. The molecule has 0 N–H and O–H groups in total. The molecule has 6 heteroatoms. The molecule has 408 valence electrons. The summed E-state index contributed by atoms with van der Waals surface area (Å²) in [7, 11) is 0. The maximum Gasteiger partial charge on any atom is 0.306 e. The Morgan fingerprint density at radius 3 is 0.814 bits per heavy atom. The van der Waals surface area contributed by atoms with Crippen molar-refractivity contribution >= 4 is 17.9 Å². The maximum atomic E-state index is 12.8. The second-order valence-electron chi connectivity index (χ2n) is 20.6. The molecule has 0 spiro atoms. The van der Waals surface area contributed by atoms with Gasteiger partial charge >= 0.3 is 17.9 Å². The zero-order chi connectivity index (χ0) is 50.7. The van der Waals surface area contributed by atoms with E-state index >= 15 is 0 Å². The Kier molecular flexibility index (Phi) is 56.7. The Morgan fingerprint density at radius 1 is 0.286 bits per heavy atom. The summed E-state index contributed by atoms with van der Waals surface area (Å²) in [4.78, 5) is 37.9. The molecule has 0 heterocycles. The van der Waals surface area contributed by atoms with Crippen molar-refractivity contribution in [3.8, 4) is 0 Å². The largest absolute Gasteiger partial charge is 0.462 e. The molecule has 6 nitrogen and oxygen atoms in total. The summed E-state index contributed by atoms with van der Waals surface area (Å²) in [6.07, 6.45) is 73.0. The summed E-state index contributed by atoms with van der Waals surface area (Å²) >= 11 is 0. The monoisotopic (exact) mass is 981 g/mol. The molecule has 0 saturated carbocycles. The predicted octanol–water partition coefficient (Wildman–Crippen LogP) is 20.6. The predicted molar refractivity (Wildman–Crippen MR) is 302 cm³/mol. The lowest BCUT2D eigenvalue weighted by atomic mass is 10.0. The van der Waals surface area contributed by atoms with Crippen molar-refractivity contribution in [2.75, 3.05) is 13.2 Å². The first-order chi connectivity index (χ1) is 34.5. The van der Waals surface area contributed by atoms with Crippen molar-refractivity contribution in [1.29, 1.82) is 0 Å². The molecule has 1 atom stereocenters. The summed E-state index contributed by atoms with van der Waals surface area (Å²) in [6.45, 7) is 6.56. The summed E-state index contributed by atoms with van der Waals surface area (Å²) in [5.41, 5.74) is 0. The third kappa shape index (κ3) is 56.3. The van der Waals surface area contributed by atoms with Gasteiger partial charge in [-0.05, 0) is 83.5 Å². The van der Waals surface area contributed by atoms with Crippen molar-refractivity contribution in [3.63, 3.8) is 0 Å². The molecule has 0 fully saturated rings. The number of allylic oxidation sites excluding steroid dienone is 8. The minimum atomic E-state index is -0.775. The topological polar surface area (TPSA) is 78.9 Å². The van der Waals surface area contributed by atoms with Crippen LogP contribution in [0.25, 0.3) is 0 Å². The molecule has 0 aromatic rings. The van der Waals surface area contributed by atoms with Gasteiger partial charge in [-0.2, -0.15) is 0 Å². The van der Waals surface area contributed by atoms with Crippen molar-refractivity contribution in [1.82, 2.24) is 0 Å². The number of ether oxygens (including phenoxy) is 3. The highest BCUT2D eigenvalue weighted by atomic mass is 16.6. The molecule has 0 aliphatic rings. The molecule has 0 amide bonds. The van der Waals surface area contributed by atoms with E-state index in [0.717, 1.165) is 89.9 Å². The fraction of sp³-hybridized carbons (Fsp3) is 0.828. The Balaban J connectivity index is 3.97. The molecular weight excluding hydrogens is 865 g/mol. The van der Waals surface area contributed by atoms with Crippen molar-refractivity contribution in [2.24, 2.45) is 0 Å². The molecule has 0 aliphatic carbocycles. The van der Waals surface area contributed by atoms with Gasteiger partial charge in [-0.3, -0.25) is 14.4 Å². The highest BCUT2D eigenvalue weighted by molar-refractivity contribution is 5.71. The lowest BCUT2D eigenvalue weighted by Crippen LogP contribution is -2.30. The van der Waals surface area contributed by atoms with Gasteiger partial charge in [-0.1, -0.05) is 268 Å². The van der Waals surface area contributed by atoms with Gasteiger partial charge in [0.05, 0.1) is 0 Å². The first-order valence-electron chi connectivity index (χ1n) is 30.6. The minimum absolute atomic E-state index is 0.0755. The molecule has 70 heavy (non-hydrogen) atoms. The number of hydrogen-bond acceptors (Lipinski definition) is 6. The lowest BCUT2D eigenvalue weighted by Gasteiger charge is -2.18. The van der Waals surface area contributed by atoms with E-state index in [4.69, 9.17) is 14.2 Å². The third-order valence-electron chi connectivity index (χ3n) is 13.6. The van der Waals surface area contributed by atoms with Gasteiger partial charge in [-0.15, -0.1) is 0 Å². The number of carbonyl (C=O) groups is 3. The first kappa shape index (κ1) is 67.4. The van der Waals surface area contributed by atoms with E-state index in [0.29, 0.717) is 19.3 Å². The lowest BCUT2D eigenvalue weighted by molar-refractivity contribution is -0.167. The van der Waals surface area contributed by atoms with Gasteiger partial charge in [0.25, 0.3) is 0 Å². The Hall–Kier alpha value is -2.63. The van der Waals surface area contributed by atoms with Crippen LogP contribution in [-0.4, -0.2) is 37.2 Å². The average Bonchev–Trinajstić information content (AvgIpc) is 3.36. The maximum absolute atomic E-state index is 12.8. The van der Waals surface area contributed by atoms with Crippen LogP contribution < -0.4 is 0 Å². The van der Waals surface area contributed by atoms with Crippen LogP contribution in [0.1, 0.15) is 323 Å². The molecular formula is C64H116O6. The van der Waals surface area contributed by atoms with Crippen LogP contribution in [0.5, 0.6) is 0 Å². The summed E-state index contributed by atoms with van der Waals surface area (Å²) in [5.74, 6) is -0.886. The third-order valence-corrected chi connectivity index (χ3v) is 13.6. The molecule has 0 saturated heterocycles. The average molecular weight is 982 g/mol. The number of hydrogen-bond donors (Lipinski definition) is 0. The number of unbranched alkanes of at least 4 members (excludes halogenated alkanes) is 37. The summed E-state index contributed by atoms with van der Waals surface area (Å²) in [6, 6.07) is 0. The molecule has 0 aromatic carbocycles. The van der Waals surface area contributed by atoms with Crippen molar-refractivity contribution in [2.45, 2.75) is 329 Å². The van der Waals surface area contributed by atoms with E-state index in [9.17, 15) is 14.4 Å². The van der Waals surface area contributed by atoms with Crippen LogP contribution in [0.4, 0.5) is 0 Å². The molecule has 0 radical (unpaired) electrons. The standard InChI is InChI=1S/C64H116O6/c1-4-7-10-13-16-18-20-22-24-25-26-27-28-29-30-31-32-33-34-35-36-37-38-39-41-42-44-46-48-51-54-57-63(66)69-60-61(59-68-62(65)56-53-50-15-12-9-6-3)70-64(67)58-55-52-49-47-45-43-40-23-21-19-17-14-11-8-5-2/h17,19-20,22-23,25-26,40,61H,4-16,18,21,24,27-39,41-60H2,1-3H3/b19-17-,22-20-,26-25-,40-23-. The SMILES string of the molecule is CCCCC/C=C\C/C=C\CCCCCCCC(=O)OC(COC(=O)CCCCCCCC)COC(=O)CCCCCCCCCCCCCCCCCCCCC/C=C\C/C=C\CCCCCCC. The van der Waals surface area contributed by atoms with Crippen LogP contribution in [0.3, 0.4) is 0 Å². The van der Waals surface area contributed by atoms with Crippen LogP contribution in [0.15, 0.2) is 48.6 Å². The fourth-order valence-electron chi connectivity index (χ4n) is 8.92. The van der Waals surface area contributed by atoms with Crippen LogP contribution >= 0.6 is 0 Å². The highest BCUT2D eigenvalue weighted by Gasteiger charge is 2.19. The number of rotatable bonds is 56. The van der Waals surface area contributed by atoms with E-state index in [-0.39, 0.29) is 31.1 Å². The fourth-order valence-corrected chi connectivity index (χ4v) is 8.92. The van der Waals surface area contributed by atoms with Gasteiger partial charge in [0.2, 0.25) is 0 Å². The summed E-state index contributed by atoms with van der Waals surface area (Å²) < 4.78 is 16.8. The van der Waals surface area contributed by atoms with Crippen LogP contribution in [0.2, 0.25) is 0 Å². The van der Waals surface area contributed by atoms with Gasteiger partial charge in [0.1, 0.15) is 13.2 Å². The first-order valence-corrected chi connectivity index (χ1v) is 30.6. The van der Waals surface area contributed by atoms with Crippen LogP contribution in [-0.2, 0) is 28.6 Å². The van der Waals surface area contributed by atoms with E-state index in [2.05, 4.69) is 69.4 Å². The summed E-state index contributed by atoms with van der Waals surface area (Å²) in [5, 5.41) is 0. The number of esters is 3. The van der Waals surface area contributed by atoms with Crippen LogP contribution in [0, 0.1) is 0 Å². The van der Waals surface area contributed by atoms with E-state index in [1.807, 2.05) is 0 Å². The Bertz CT molecular complexity index is 1220. The molecule has 1 unspecified atom stereocenters. The Morgan fingerprint density at radius 2 is 0.514 bits per heavy atom. The zero-order valence-electron chi connectivity index (χ0n) is 46.8. The Labute approximate surface area is 435 Å². The van der Waals surface area contributed by atoms with E-state index < -0.39 is 6.10 Å². The van der Waals surface area contributed by atoms with Gasteiger partial charge < -0.3 is 14.2 Å². The van der Waals surface area contributed by atoms with Crippen molar-refractivity contribution in [3.05, 3.63) is 48.6 Å². The van der Waals surface area contributed by atoms with Gasteiger partial charge in [-0.25, -0.2) is 0 Å². The molecule has 0 rings (SSSR count). The minimum Gasteiger partial charge on any atom is -0.462 e. The van der Waals surface area contributed by atoms with E-state index in [1.165, 1.54) is 193 Å².